The van der Waals surface area contributed by atoms with Gasteiger partial charge < -0.3 is 19.9 Å². The van der Waals surface area contributed by atoms with Crippen molar-refractivity contribution in [3.8, 4) is 0 Å². The first-order chi connectivity index (χ1) is 6.03. The van der Waals surface area contributed by atoms with Crippen LogP contribution in [0.5, 0.6) is 0 Å². The lowest BCUT2D eigenvalue weighted by atomic mass is 10.2. The van der Waals surface area contributed by atoms with Crippen LogP contribution in [0.3, 0.4) is 0 Å². The van der Waals surface area contributed by atoms with E-state index in [0.29, 0.717) is 13.2 Å². The van der Waals surface area contributed by atoms with Gasteiger partial charge in [0.15, 0.2) is 5.79 Å². The van der Waals surface area contributed by atoms with E-state index in [9.17, 15) is 0 Å². The fourth-order valence-corrected chi connectivity index (χ4v) is 1.24. The van der Waals surface area contributed by atoms with Crippen LogP contribution in [0, 0.1) is 0 Å². The molecule has 1 rings (SSSR count). The Morgan fingerprint density at radius 2 is 2.00 bits per heavy atom. The van der Waals surface area contributed by atoms with Crippen molar-refractivity contribution >= 4 is 0 Å². The Bertz CT molecular complexity index is 151. The molecule has 1 aliphatic heterocycles. The molecule has 4 heteroatoms. The first kappa shape index (κ1) is 10.9. The topological polar surface area (TPSA) is 50.7 Å². The molecule has 0 amide bonds. The Morgan fingerprint density at radius 3 is 2.46 bits per heavy atom. The maximum atomic E-state index is 8.82. The van der Waals surface area contributed by atoms with E-state index in [1.807, 2.05) is 20.8 Å². The van der Waals surface area contributed by atoms with Crippen LogP contribution in [0.2, 0.25) is 0 Å². The van der Waals surface area contributed by atoms with Crippen molar-refractivity contribution in [2.45, 2.75) is 38.6 Å². The lowest BCUT2D eigenvalue weighted by Crippen LogP contribution is -2.51. The van der Waals surface area contributed by atoms with E-state index in [4.69, 9.17) is 14.6 Å². The number of hydrogen-bond acceptors (Lipinski definition) is 4. The molecule has 0 aromatic heterocycles. The zero-order valence-corrected chi connectivity index (χ0v) is 8.54. The number of ether oxygens (including phenoxy) is 2. The van der Waals surface area contributed by atoms with Crippen molar-refractivity contribution in [1.29, 1.82) is 0 Å². The molecule has 78 valence electrons. The maximum absolute atomic E-state index is 8.82. The van der Waals surface area contributed by atoms with Gasteiger partial charge in [-0.15, -0.1) is 0 Å². The molecule has 1 heterocycles. The minimum absolute atomic E-state index is 0.0958. The van der Waals surface area contributed by atoms with Crippen molar-refractivity contribution < 1.29 is 14.6 Å². The van der Waals surface area contributed by atoms with E-state index < -0.39 is 5.79 Å². The third kappa shape index (κ3) is 3.60. The van der Waals surface area contributed by atoms with E-state index in [2.05, 4.69) is 5.32 Å². The van der Waals surface area contributed by atoms with Gasteiger partial charge in [-0.2, -0.15) is 0 Å². The van der Waals surface area contributed by atoms with Crippen LogP contribution >= 0.6 is 0 Å². The predicted octanol–water partition coefficient (Wildman–Crippen LogP) is 0.108. The Balaban J connectivity index is 2.25. The lowest BCUT2D eigenvalue weighted by Gasteiger charge is -2.36. The average molecular weight is 189 g/mol. The molecule has 0 bridgehead atoms. The lowest BCUT2D eigenvalue weighted by molar-refractivity contribution is -0.253. The normalized spacial score (nSPS) is 25.8. The Labute approximate surface area is 79.2 Å². The van der Waals surface area contributed by atoms with Gasteiger partial charge in [-0.05, 0) is 20.8 Å². The first-order valence-electron chi connectivity index (χ1n) is 4.68. The molecule has 0 radical (unpaired) electrons. The fourth-order valence-electron chi connectivity index (χ4n) is 1.24. The van der Waals surface area contributed by atoms with Crippen LogP contribution in [0.1, 0.15) is 20.8 Å². The SMILES string of the molecule is CC(CO)NC1COC(C)(C)OC1. The zero-order chi connectivity index (χ0) is 9.90. The Kier molecular flexibility index (Phi) is 3.67. The molecule has 13 heavy (non-hydrogen) atoms. The van der Waals surface area contributed by atoms with Crippen molar-refractivity contribution in [2.75, 3.05) is 19.8 Å². The summed E-state index contributed by atoms with van der Waals surface area (Å²) in [5.74, 6) is -0.458. The van der Waals surface area contributed by atoms with E-state index >= 15 is 0 Å². The van der Waals surface area contributed by atoms with Gasteiger partial charge in [0.1, 0.15) is 0 Å². The van der Waals surface area contributed by atoms with Gasteiger partial charge in [-0.25, -0.2) is 0 Å². The van der Waals surface area contributed by atoms with Gasteiger partial charge in [0.2, 0.25) is 0 Å². The summed E-state index contributed by atoms with van der Waals surface area (Å²) in [6, 6.07) is 0.286. The molecule has 4 nitrogen and oxygen atoms in total. The number of hydrogen-bond donors (Lipinski definition) is 2. The molecule has 0 aromatic rings. The standard InChI is InChI=1S/C9H19NO3/c1-7(4-11)10-8-5-12-9(2,3)13-6-8/h7-8,10-11H,4-6H2,1-3H3. The third-order valence-corrected chi connectivity index (χ3v) is 2.06. The summed E-state index contributed by atoms with van der Waals surface area (Å²) in [7, 11) is 0. The number of aliphatic hydroxyl groups excluding tert-OH is 1. The van der Waals surface area contributed by atoms with Crippen molar-refractivity contribution in [2.24, 2.45) is 0 Å². The minimum Gasteiger partial charge on any atom is -0.395 e. The van der Waals surface area contributed by atoms with Crippen LogP contribution in [-0.4, -0.2) is 42.8 Å². The van der Waals surface area contributed by atoms with Crippen LogP contribution in [0.15, 0.2) is 0 Å². The fraction of sp³-hybridized carbons (Fsp3) is 1.00. The van der Waals surface area contributed by atoms with Gasteiger partial charge in [-0.1, -0.05) is 0 Å². The molecule has 2 N–H and O–H groups in total. The highest BCUT2D eigenvalue weighted by Gasteiger charge is 2.28. The van der Waals surface area contributed by atoms with Crippen LogP contribution in [0.4, 0.5) is 0 Å². The van der Waals surface area contributed by atoms with Gasteiger partial charge in [-0.3, -0.25) is 0 Å². The smallest absolute Gasteiger partial charge is 0.162 e. The highest BCUT2D eigenvalue weighted by molar-refractivity contribution is 4.75. The van der Waals surface area contributed by atoms with Crippen molar-refractivity contribution in [3.63, 3.8) is 0 Å². The second-order valence-electron chi connectivity index (χ2n) is 3.97. The number of nitrogens with one attached hydrogen (secondary N) is 1. The molecule has 1 saturated heterocycles. The van der Waals surface area contributed by atoms with E-state index in [1.165, 1.54) is 0 Å². The van der Waals surface area contributed by atoms with Gasteiger partial charge in [0, 0.05) is 6.04 Å². The molecule has 0 saturated carbocycles. The quantitative estimate of drug-likeness (QED) is 0.661. The molecule has 1 aliphatic rings. The maximum Gasteiger partial charge on any atom is 0.162 e. The van der Waals surface area contributed by atoms with Crippen LogP contribution < -0.4 is 5.32 Å². The van der Waals surface area contributed by atoms with Gasteiger partial charge >= 0.3 is 0 Å². The van der Waals surface area contributed by atoms with E-state index in [0.717, 1.165) is 0 Å². The molecule has 0 aromatic carbocycles. The second kappa shape index (κ2) is 4.37. The summed E-state index contributed by atoms with van der Waals surface area (Å²) in [5, 5.41) is 12.0. The van der Waals surface area contributed by atoms with Crippen molar-refractivity contribution in [3.05, 3.63) is 0 Å². The molecule has 1 fully saturated rings. The van der Waals surface area contributed by atoms with Crippen LogP contribution in [-0.2, 0) is 9.47 Å². The molecule has 0 aliphatic carbocycles. The van der Waals surface area contributed by atoms with Gasteiger partial charge in [0.25, 0.3) is 0 Å². The Morgan fingerprint density at radius 1 is 1.46 bits per heavy atom. The monoisotopic (exact) mass is 189 g/mol. The van der Waals surface area contributed by atoms with E-state index in [1.54, 1.807) is 0 Å². The van der Waals surface area contributed by atoms with E-state index in [-0.39, 0.29) is 18.7 Å². The van der Waals surface area contributed by atoms with Crippen LogP contribution in [0.25, 0.3) is 0 Å². The Hall–Kier alpha value is -0.160. The minimum atomic E-state index is -0.458. The summed E-state index contributed by atoms with van der Waals surface area (Å²) in [6.45, 7) is 7.14. The zero-order valence-electron chi connectivity index (χ0n) is 8.54. The summed E-state index contributed by atoms with van der Waals surface area (Å²) < 4.78 is 10.9. The predicted molar refractivity (Wildman–Crippen MR) is 49.5 cm³/mol. The summed E-state index contributed by atoms with van der Waals surface area (Å²) in [6.07, 6.45) is 0. The summed E-state index contributed by atoms with van der Waals surface area (Å²) in [4.78, 5) is 0. The first-order valence-corrected chi connectivity index (χ1v) is 4.68. The summed E-state index contributed by atoms with van der Waals surface area (Å²) in [5.41, 5.74) is 0. The highest BCUT2D eigenvalue weighted by Crippen LogP contribution is 2.16. The average Bonchev–Trinajstić information content (AvgIpc) is 2.08. The number of aliphatic hydroxyl groups is 1. The van der Waals surface area contributed by atoms with Gasteiger partial charge in [0.05, 0.1) is 25.9 Å². The van der Waals surface area contributed by atoms with Crippen molar-refractivity contribution in [1.82, 2.24) is 5.32 Å². The third-order valence-electron chi connectivity index (χ3n) is 2.06. The largest absolute Gasteiger partial charge is 0.395 e. The highest BCUT2D eigenvalue weighted by atomic mass is 16.7. The molecular formula is C9H19NO3. The number of rotatable bonds is 3. The summed E-state index contributed by atoms with van der Waals surface area (Å²) >= 11 is 0. The molecular weight excluding hydrogens is 170 g/mol. The molecule has 1 atom stereocenters. The molecule has 1 unspecified atom stereocenters. The molecule has 0 spiro atoms. The second-order valence-corrected chi connectivity index (χ2v) is 3.97.